The third-order valence-electron chi connectivity index (χ3n) is 1.70. The molecule has 0 saturated carbocycles. The van der Waals surface area contributed by atoms with Crippen LogP contribution in [0.4, 0.5) is 0 Å². The average molecular weight is 246 g/mol. The van der Waals surface area contributed by atoms with Gasteiger partial charge in [-0.3, -0.25) is 0 Å². The molecule has 0 bridgehead atoms. The summed E-state index contributed by atoms with van der Waals surface area (Å²) >= 11 is 0. The van der Waals surface area contributed by atoms with Gasteiger partial charge in [0.25, 0.3) is 0 Å². The van der Waals surface area contributed by atoms with Crippen molar-refractivity contribution < 1.29 is 13.3 Å². The lowest BCUT2D eigenvalue weighted by atomic mass is 10.5. The third kappa shape index (κ3) is 5.25. The van der Waals surface area contributed by atoms with E-state index in [1.165, 1.54) is 0 Å². The first kappa shape index (κ1) is 15.8. The standard InChI is InChI=1S/C12H26O3Si/c1-9(2)13-16(12(7)8,14-10(3)4)15-11(5)6/h9-11H,7H2,1-6,8H3. The molecule has 4 heteroatoms. The predicted octanol–water partition coefficient (Wildman–Crippen LogP) is 3.32. The Morgan fingerprint density at radius 1 is 0.812 bits per heavy atom. The Hall–Kier alpha value is -0.163. The van der Waals surface area contributed by atoms with Crippen molar-refractivity contribution in [3.63, 3.8) is 0 Å². The Kier molecular flexibility index (Phi) is 6.48. The molecule has 0 unspecified atom stereocenters. The van der Waals surface area contributed by atoms with Crippen LogP contribution in [0.15, 0.2) is 11.8 Å². The van der Waals surface area contributed by atoms with E-state index in [0.717, 1.165) is 5.20 Å². The first-order valence-corrected chi connectivity index (χ1v) is 7.61. The van der Waals surface area contributed by atoms with E-state index in [9.17, 15) is 0 Å². The van der Waals surface area contributed by atoms with Gasteiger partial charge in [-0.25, -0.2) is 0 Å². The van der Waals surface area contributed by atoms with Gasteiger partial charge in [-0.15, -0.1) is 0 Å². The van der Waals surface area contributed by atoms with E-state index in [2.05, 4.69) is 6.58 Å². The molecular formula is C12H26O3Si. The molecule has 0 aliphatic carbocycles. The summed E-state index contributed by atoms with van der Waals surface area (Å²) in [7, 11) is -2.76. The normalized spacial score (nSPS) is 12.9. The molecule has 0 atom stereocenters. The van der Waals surface area contributed by atoms with Crippen molar-refractivity contribution in [1.82, 2.24) is 0 Å². The Labute approximate surface area is 101 Å². The zero-order valence-electron chi connectivity index (χ0n) is 11.7. The highest BCUT2D eigenvalue weighted by Gasteiger charge is 2.45. The van der Waals surface area contributed by atoms with Gasteiger partial charge in [-0.05, 0) is 53.7 Å². The Bertz CT molecular complexity index is 198. The molecule has 0 spiro atoms. The first-order valence-electron chi connectivity index (χ1n) is 5.89. The maximum atomic E-state index is 5.92. The van der Waals surface area contributed by atoms with Gasteiger partial charge in [0.15, 0.2) is 0 Å². The van der Waals surface area contributed by atoms with E-state index in [0.29, 0.717) is 0 Å². The number of rotatable bonds is 7. The zero-order valence-corrected chi connectivity index (χ0v) is 12.7. The first-order chi connectivity index (χ1) is 7.19. The fourth-order valence-corrected chi connectivity index (χ4v) is 3.95. The van der Waals surface area contributed by atoms with Crippen LogP contribution in [0.2, 0.25) is 0 Å². The SMILES string of the molecule is C=C(C)[Si](OC(C)C)(OC(C)C)OC(C)C. The van der Waals surface area contributed by atoms with E-state index in [1.54, 1.807) is 0 Å². The second-order valence-electron chi connectivity index (χ2n) is 4.84. The largest absolute Gasteiger partial charge is 0.532 e. The summed E-state index contributed by atoms with van der Waals surface area (Å²) in [5.41, 5.74) is 0. The molecule has 96 valence electrons. The molecule has 0 aliphatic heterocycles. The molecule has 0 fully saturated rings. The Balaban J connectivity index is 4.96. The second kappa shape index (κ2) is 6.54. The molecule has 0 aromatic carbocycles. The van der Waals surface area contributed by atoms with Crippen LogP contribution >= 0.6 is 0 Å². The van der Waals surface area contributed by atoms with Crippen LogP contribution < -0.4 is 0 Å². The highest BCUT2D eigenvalue weighted by molar-refractivity contribution is 6.68. The van der Waals surface area contributed by atoms with E-state index in [4.69, 9.17) is 13.3 Å². The number of hydrogen-bond acceptors (Lipinski definition) is 3. The summed E-state index contributed by atoms with van der Waals surface area (Å²) in [5.74, 6) is 0. The fraction of sp³-hybridized carbons (Fsp3) is 0.833. The molecule has 0 aromatic rings. The van der Waals surface area contributed by atoms with Gasteiger partial charge >= 0.3 is 8.80 Å². The molecule has 16 heavy (non-hydrogen) atoms. The molecule has 0 heterocycles. The second-order valence-corrected chi connectivity index (χ2v) is 7.51. The summed E-state index contributed by atoms with van der Waals surface area (Å²) in [5, 5.41) is 0.864. The van der Waals surface area contributed by atoms with Crippen LogP contribution in [0.5, 0.6) is 0 Å². The minimum atomic E-state index is -2.76. The van der Waals surface area contributed by atoms with Crippen molar-refractivity contribution in [2.45, 2.75) is 66.8 Å². The van der Waals surface area contributed by atoms with E-state index < -0.39 is 8.80 Å². The predicted molar refractivity (Wildman–Crippen MR) is 69.2 cm³/mol. The summed E-state index contributed by atoms with van der Waals surface area (Å²) in [6.45, 7) is 17.8. The van der Waals surface area contributed by atoms with Crippen LogP contribution in [-0.2, 0) is 13.3 Å². The molecule has 0 radical (unpaired) electrons. The molecule has 0 saturated heterocycles. The van der Waals surface area contributed by atoms with Crippen molar-refractivity contribution in [1.29, 1.82) is 0 Å². The topological polar surface area (TPSA) is 27.7 Å². The van der Waals surface area contributed by atoms with Gasteiger partial charge in [0.2, 0.25) is 0 Å². The van der Waals surface area contributed by atoms with Gasteiger partial charge in [-0.1, -0.05) is 6.58 Å². The van der Waals surface area contributed by atoms with Crippen molar-refractivity contribution in [3.8, 4) is 0 Å². The maximum Gasteiger partial charge on any atom is 0.532 e. The highest BCUT2D eigenvalue weighted by atomic mass is 28.4. The quantitative estimate of drug-likeness (QED) is 0.645. The van der Waals surface area contributed by atoms with Gasteiger partial charge in [0.05, 0.1) is 0 Å². The molecule has 0 N–H and O–H groups in total. The van der Waals surface area contributed by atoms with Crippen molar-refractivity contribution >= 4 is 8.80 Å². The summed E-state index contributed by atoms with van der Waals surface area (Å²) < 4.78 is 17.7. The van der Waals surface area contributed by atoms with Crippen LogP contribution in [0.1, 0.15) is 48.5 Å². The van der Waals surface area contributed by atoms with Crippen LogP contribution in [0, 0.1) is 0 Å². The van der Waals surface area contributed by atoms with E-state index >= 15 is 0 Å². The van der Waals surface area contributed by atoms with Crippen LogP contribution in [-0.4, -0.2) is 27.1 Å². The van der Waals surface area contributed by atoms with Crippen LogP contribution in [0.3, 0.4) is 0 Å². The summed E-state index contributed by atoms with van der Waals surface area (Å²) in [6.07, 6.45) is 0.211. The molecule has 0 aromatic heterocycles. The molecule has 3 nitrogen and oxygen atoms in total. The average Bonchev–Trinajstić information content (AvgIpc) is 1.98. The summed E-state index contributed by atoms with van der Waals surface area (Å²) in [4.78, 5) is 0. The van der Waals surface area contributed by atoms with Gasteiger partial charge in [-0.2, -0.15) is 0 Å². The minimum Gasteiger partial charge on any atom is -0.368 e. The third-order valence-corrected chi connectivity index (χ3v) is 5.09. The van der Waals surface area contributed by atoms with Crippen molar-refractivity contribution in [2.24, 2.45) is 0 Å². The van der Waals surface area contributed by atoms with Gasteiger partial charge in [0, 0.05) is 18.3 Å². The van der Waals surface area contributed by atoms with Crippen molar-refractivity contribution in [3.05, 3.63) is 11.8 Å². The number of hydrogen-bond donors (Lipinski definition) is 0. The highest BCUT2D eigenvalue weighted by Crippen LogP contribution is 2.23. The fourth-order valence-electron chi connectivity index (χ4n) is 1.32. The smallest absolute Gasteiger partial charge is 0.368 e. The van der Waals surface area contributed by atoms with Gasteiger partial charge in [0.1, 0.15) is 0 Å². The zero-order chi connectivity index (χ0) is 12.9. The molecule has 0 amide bonds. The van der Waals surface area contributed by atoms with E-state index in [-0.39, 0.29) is 18.3 Å². The molecular weight excluding hydrogens is 220 g/mol. The Morgan fingerprint density at radius 2 is 1.06 bits per heavy atom. The lowest BCUT2D eigenvalue weighted by Gasteiger charge is -2.34. The Morgan fingerprint density at radius 3 is 1.19 bits per heavy atom. The monoisotopic (exact) mass is 246 g/mol. The molecule has 0 rings (SSSR count). The lowest BCUT2D eigenvalue weighted by molar-refractivity contribution is 0.0112. The van der Waals surface area contributed by atoms with Crippen LogP contribution in [0.25, 0.3) is 0 Å². The molecule has 0 aliphatic rings. The summed E-state index contributed by atoms with van der Waals surface area (Å²) in [6, 6.07) is 0. The van der Waals surface area contributed by atoms with Gasteiger partial charge < -0.3 is 13.3 Å². The lowest BCUT2D eigenvalue weighted by Crippen LogP contribution is -2.51. The minimum absolute atomic E-state index is 0.0702. The number of allylic oxidation sites excluding steroid dienone is 1. The maximum absolute atomic E-state index is 5.92. The van der Waals surface area contributed by atoms with E-state index in [1.807, 2.05) is 48.5 Å². The van der Waals surface area contributed by atoms with Crippen molar-refractivity contribution in [2.75, 3.05) is 0 Å².